The number of nitrogens with one attached hydrogen (secondary N) is 1. The van der Waals surface area contributed by atoms with Crippen LogP contribution in [0.3, 0.4) is 0 Å². The molecule has 6 heteroatoms. The molecule has 0 aliphatic heterocycles. The van der Waals surface area contributed by atoms with Crippen LogP contribution in [0.4, 0.5) is 0 Å². The number of imidazole rings is 1. The van der Waals surface area contributed by atoms with Gasteiger partial charge in [-0.2, -0.15) is 5.10 Å². The molecule has 0 aliphatic carbocycles. The van der Waals surface area contributed by atoms with Crippen molar-refractivity contribution in [1.29, 1.82) is 0 Å². The van der Waals surface area contributed by atoms with Crippen LogP contribution < -0.4 is 5.73 Å². The van der Waals surface area contributed by atoms with Gasteiger partial charge in [-0.05, 0) is 28.1 Å². The number of aromatic amines is 1. The van der Waals surface area contributed by atoms with Crippen molar-refractivity contribution in [2.24, 2.45) is 12.8 Å². The lowest BCUT2D eigenvalue weighted by Gasteiger charge is -2.03. The van der Waals surface area contributed by atoms with Crippen molar-refractivity contribution >= 4 is 27.0 Å². The summed E-state index contributed by atoms with van der Waals surface area (Å²) in [7, 11) is 1.91. The van der Waals surface area contributed by atoms with Gasteiger partial charge in [0.1, 0.15) is 0 Å². The Morgan fingerprint density at radius 2 is 2.28 bits per heavy atom. The highest BCUT2D eigenvalue weighted by Crippen LogP contribution is 2.31. The molecule has 0 aliphatic rings. The molecule has 2 aromatic heterocycles. The molecular formula is C12H12BrN5. The van der Waals surface area contributed by atoms with Gasteiger partial charge in [-0.25, -0.2) is 4.98 Å². The SMILES string of the molecule is Cn1nc(CN)c(Br)c1-c1ccc2nc[nH]c2c1. The van der Waals surface area contributed by atoms with Crippen molar-refractivity contribution in [3.63, 3.8) is 0 Å². The number of benzene rings is 1. The van der Waals surface area contributed by atoms with E-state index in [-0.39, 0.29) is 0 Å². The number of aromatic nitrogens is 4. The number of rotatable bonds is 2. The van der Waals surface area contributed by atoms with E-state index in [2.05, 4.69) is 37.1 Å². The van der Waals surface area contributed by atoms with Crippen molar-refractivity contribution in [2.45, 2.75) is 6.54 Å². The highest BCUT2D eigenvalue weighted by atomic mass is 79.9. The number of aryl methyl sites for hydroxylation is 1. The van der Waals surface area contributed by atoms with Crippen molar-refractivity contribution in [2.75, 3.05) is 0 Å². The van der Waals surface area contributed by atoms with Gasteiger partial charge in [0.2, 0.25) is 0 Å². The Labute approximate surface area is 112 Å². The topological polar surface area (TPSA) is 72.5 Å². The standard InChI is InChI=1S/C12H12BrN5/c1-18-12(11(13)10(5-14)17-18)7-2-3-8-9(4-7)16-6-15-8/h2-4,6H,5,14H2,1H3,(H,15,16). The van der Waals surface area contributed by atoms with Gasteiger partial charge in [-0.15, -0.1) is 0 Å². The maximum atomic E-state index is 5.66. The average molecular weight is 306 g/mol. The van der Waals surface area contributed by atoms with Crippen LogP contribution >= 0.6 is 15.9 Å². The minimum atomic E-state index is 0.417. The van der Waals surface area contributed by atoms with Crippen molar-refractivity contribution in [1.82, 2.24) is 19.7 Å². The van der Waals surface area contributed by atoms with Crippen LogP contribution in [0.25, 0.3) is 22.3 Å². The van der Waals surface area contributed by atoms with E-state index < -0.39 is 0 Å². The first kappa shape index (κ1) is 11.4. The number of H-pyrrole nitrogens is 1. The Balaban J connectivity index is 2.21. The molecule has 0 amide bonds. The molecule has 3 aromatic rings. The number of halogens is 1. The van der Waals surface area contributed by atoms with Gasteiger partial charge in [0.05, 0.1) is 33.2 Å². The third-order valence-corrected chi connectivity index (χ3v) is 3.78. The molecule has 92 valence electrons. The van der Waals surface area contributed by atoms with Gasteiger partial charge in [-0.3, -0.25) is 4.68 Å². The third kappa shape index (κ3) is 1.65. The Morgan fingerprint density at radius 3 is 3.00 bits per heavy atom. The van der Waals surface area contributed by atoms with E-state index in [9.17, 15) is 0 Å². The maximum Gasteiger partial charge on any atom is 0.0931 e. The molecule has 0 radical (unpaired) electrons. The van der Waals surface area contributed by atoms with E-state index in [1.807, 2.05) is 23.9 Å². The molecule has 18 heavy (non-hydrogen) atoms. The van der Waals surface area contributed by atoms with Crippen molar-refractivity contribution < 1.29 is 0 Å². The third-order valence-electron chi connectivity index (χ3n) is 2.94. The van der Waals surface area contributed by atoms with E-state index >= 15 is 0 Å². The summed E-state index contributed by atoms with van der Waals surface area (Å²) < 4.78 is 2.79. The van der Waals surface area contributed by atoms with Gasteiger partial charge in [0.25, 0.3) is 0 Å². The Bertz CT molecular complexity index is 712. The van der Waals surface area contributed by atoms with Crippen LogP contribution in [-0.2, 0) is 13.6 Å². The second-order valence-electron chi connectivity index (χ2n) is 4.07. The zero-order chi connectivity index (χ0) is 12.7. The number of nitrogens with zero attached hydrogens (tertiary/aromatic N) is 3. The molecular weight excluding hydrogens is 294 g/mol. The summed E-state index contributed by atoms with van der Waals surface area (Å²) >= 11 is 3.56. The molecule has 3 rings (SSSR count). The van der Waals surface area contributed by atoms with E-state index in [1.165, 1.54) is 0 Å². The van der Waals surface area contributed by atoms with E-state index in [1.54, 1.807) is 6.33 Å². The molecule has 0 fully saturated rings. The predicted molar refractivity (Wildman–Crippen MR) is 73.9 cm³/mol. The minimum absolute atomic E-state index is 0.417. The van der Waals surface area contributed by atoms with Gasteiger partial charge < -0.3 is 10.7 Å². The summed E-state index contributed by atoms with van der Waals surface area (Å²) in [6.07, 6.45) is 1.69. The molecule has 0 bridgehead atoms. The molecule has 0 saturated heterocycles. The first-order chi connectivity index (χ1) is 8.70. The highest BCUT2D eigenvalue weighted by Gasteiger charge is 2.14. The van der Waals surface area contributed by atoms with Crippen LogP contribution in [0.1, 0.15) is 5.69 Å². The molecule has 0 unspecified atom stereocenters. The summed E-state index contributed by atoms with van der Waals surface area (Å²) in [6.45, 7) is 0.417. The Morgan fingerprint density at radius 1 is 1.44 bits per heavy atom. The molecule has 0 saturated carbocycles. The lowest BCUT2D eigenvalue weighted by atomic mass is 10.1. The van der Waals surface area contributed by atoms with Crippen LogP contribution in [-0.4, -0.2) is 19.7 Å². The van der Waals surface area contributed by atoms with Gasteiger partial charge >= 0.3 is 0 Å². The summed E-state index contributed by atoms with van der Waals surface area (Å²) in [5.41, 5.74) is 10.6. The maximum absolute atomic E-state index is 5.66. The van der Waals surface area contributed by atoms with Gasteiger partial charge in [0, 0.05) is 19.2 Å². The van der Waals surface area contributed by atoms with Gasteiger partial charge in [-0.1, -0.05) is 6.07 Å². The molecule has 3 N–H and O–H groups in total. The molecule has 0 atom stereocenters. The lowest BCUT2D eigenvalue weighted by Crippen LogP contribution is -1.99. The van der Waals surface area contributed by atoms with Gasteiger partial charge in [0.15, 0.2) is 0 Å². The van der Waals surface area contributed by atoms with E-state index in [0.717, 1.165) is 32.5 Å². The molecule has 5 nitrogen and oxygen atoms in total. The van der Waals surface area contributed by atoms with E-state index in [0.29, 0.717) is 6.54 Å². The predicted octanol–water partition coefficient (Wildman–Crippen LogP) is 2.18. The van der Waals surface area contributed by atoms with Crippen LogP contribution in [0.5, 0.6) is 0 Å². The summed E-state index contributed by atoms with van der Waals surface area (Å²) in [6, 6.07) is 6.08. The average Bonchev–Trinajstić information content (AvgIpc) is 2.93. The molecule has 1 aromatic carbocycles. The fourth-order valence-corrected chi connectivity index (χ4v) is 2.81. The fourth-order valence-electron chi connectivity index (χ4n) is 2.08. The second kappa shape index (κ2) is 4.22. The van der Waals surface area contributed by atoms with Crippen molar-refractivity contribution in [3.8, 4) is 11.3 Å². The van der Waals surface area contributed by atoms with E-state index in [4.69, 9.17) is 5.73 Å². The second-order valence-corrected chi connectivity index (χ2v) is 4.86. The number of hydrogen-bond donors (Lipinski definition) is 2. The minimum Gasteiger partial charge on any atom is -0.345 e. The number of hydrogen-bond acceptors (Lipinski definition) is 3. The summed E-state index contributed by atoms with van der Waals surface area (Å²) in [5.74, 6) is 0. The fraction of sp³-hybridized carbons (Fsp3) is 0.167. The zero-order valence-electron chi connectivity index (χ0n) is 9.81. The first-order valence-corrected chi connectivity index (χ1v) is 6.35. The smallest absolute Gasteiger partial charge is 0.0931 e. The Kier molecular flexibility index (Phi) is 2.68. The normalized spacial score (nSPS) is 11.3. The van der Waals surface area contributed by atoms with Crippen molar-refractivity contribution in [3.05, 3.63) is 34.7 Å². The van der Waals surface area contributed by atoms with Crippen LogP contribution in [0.15, 0.2) is 29.0 Å². The van der Waals surface area contributed by atoms with Crippen LogP contribution in [0, 0.1) is 0 Å². The lowest BCUT2D eigenvalue weighted by molar-refractivity contribution is 0.749. The highest BCUT2D eigenvalue weighted by molar-refractivity contribution is 9.10. The molecule has 2 heterocycles. The van der Waals surface area contributed by atoms with Crippen LogP contribution in [0.2, 0.25) is 0 Å². The molecule has 0 spiro atoms. The first-order valence-electron chi connectivity index (χ1n) is 5.55. The number of nitrogens with two attached hydrogens (primary N) is 1. The number of fused-ring (bicyclic) bond motifs is 1. The quantitative estimate of drug-likeness (QED) is 0.762. The Hall–Kier alpha value is -1.66. The monoisotopic (exact) mass is 305 g/mol. The largest absolute Gasteiger partial charge is 0.345 e. The zero-order valence-corrected chi connectivity index (χ0v) is 11.4. The summed E-state index contributed by atoms with van der Waals surface area (Å²) in [4.78, 5) is 7.32. The summed E-state index contributed by atoms with van der Waals surface area (Å²) in [5, 5.41) is 4.39.